The second-order valence-electron chi connectivity index (χ2n) is 8.45. The Kier molecular flexibility index (Phi) is 4.81. The van der Waals surface area contributed by atoms with Crippen molar-refractivity contribution < 1.29 is 9.59 Å². The molecule has 1 aromatic carbocycles. The van der Waals surface area contributed by atoms with Gasteiger partial charge in [-0.25, -0.2) is 0 Å². The normalized spacial score (nSPS) is 18.1. The number of aromatic nitrogens is 3. The molecule has 7 heteroatoms. The SMILES string of the molecule is CC(=O)N1c2ccc(-c3cnn(Cc4cccnc4)c3)cc2N(C(=O)C2CC2)CC1C. The van der Waals surface area contributed by atoms with E-state index in [1.165, 1.54) is 0 Å². The van der Waals surface area contributed by atoms with Gasteiger partial charge in [-0.1, -0.05) is 12.1 Å². The molecule has 2 aliphatic rings. The number of fused-ring (bicyclic) bond motifs is 1. The Balaban J connectivity index is 1.50. The number of amides is 2. The summed E-state index contributed by atoms with van der Waals surface area (Å²) < 4.78 is 1.88. The molecule has 0 spiro atoms. The van der Waals surface area contributed by atoms with Crippen LogP contribution in [0.15, 0.2) is 55.1 Å². The van der Waals surface area contributed by atoms with Gasteiger partial charge in [-0.3, -0.25) is 19.3 Å². The average molecular weight is 415 g/mol. The number of pyridine rings is 1. The summed E-state index contributed by atoms with van der Waals surface area (Å²) in [5.74, 6) is 0.278. The van der Waals surface area contributed by atoms with Gasteiger partial charge in [-0.2, -0.15) is 5.10 Å². The minimum absolute atomic E-state index is 0.00990. The van der Waals surface area contributed by atoms with Crippen LogP contribution in [0.4, 0.5) is 11.4 Å². The average Bonchev–Trinajstić information content (AvgIpc) is 3.52. The molecule has 2 amide bonds. The molecular weight excluding hydrogens is 390 g/mol. The van der Waals surface area contributed by atoms with Gasteiger partial charge in [0.25, 0.3) is 0 Å². The van der Waals surface area contributed by atoms with Crippen molar-refractivity contribution in [2.24, 2.45) is 5.92 Å². The standard InChI is InChI=1S/C24H25N5O2/c1-16-13-28(24(31)19-5-6-19)23-10-20(7-8-22(23)29(16)17(2)30)21-12-26-27(15-21)14-18-4-3-9-25-11-18/h3-4,7-12,15-16,19H,5-6,13-14H2,1-2H3. The summed E-state index contributed by atoms with van der Waals surface area (Å²) in [6.07, 6.45) is 9.33. The predicted molar refractivity (Wildman–Crippen MR) is 119 cm³/mol. The third-order valence-electron chi connectivity index (χ3n) is 5.98. The first-order valence-electron chi connectivity index (χ1n) is 10.7. The van der Waals surface area contributed by atoms with Crippen LogP contribution in [0.5, 0.6) is 0 Å². The molecule has 158 valence electrons. The Morgan fingerprint density at radius 1 is 1.10 bits per heavy atom. The van der Waals surface area contributed by atoms with Crippen LogP contribution in [0.1, 0.15) is 32.3 Å². The highest BCUT2D eigenvalue weighted by atomic mass is 16.2. The number of hydrogen-bond donors (Lipinski definition) is 0. The van der Waals surface area contributed by atoms with Gasteiger partial charge in [0.05, 0.1) is 30.2 Å². The van der Waals surface area contributed by atoms with Crippen LogP contribution in [-0.2, 0) is 16.1 Å². The summed E-state index contributed by atoms with van der Waals surface area (Å²) in [7, 11) is 0. The van der Waals surface area contributed by atoms with Gasteiger partial charge >= 0.3 is 0 Å². The van der Waals surface area contributed by atoms with Gasteiger partial charge in [-0.05, 0) is 49.1 Å². The largest absolute Gasteiger partial charge is 0.308 e. The summed E-state index contributed by atoms with van der Waals surface area (Å²) in [5.41, 5.74) is 4.63. The van der Waals surface area contributed by atoms with Gasteiger partial charge in [0.2, 0.25) is 11.8 Å². The molecule has 2 aromatic heterocycles. The lowest BCUT2D eigenvalue weighted by Gasteiger charge is -2.41. The van der Waals surface area contributed by atoms with E-state index in [1.807, 2.05) is 65.4 Å². The smallest absolute Gasteiger partial charge is 0.230 e. The third kappa shape index (κ3) is 3.71. The zero-order chi connectivity index (χ0) is 21.5. The van der Waals surface area contributed by atoms with Crippen molar-refractivity contribution in [2.45, 2.75) is 39.3 Å². The highest BCUT2D eigenvalue weighted by Crippen LogP contribution is 2.42. The van der Waals surface area contributed by atoms with Crippen LogP contribution in [0.25, 0.3) is 11.1 Å². The fourth-order valence-electron chi connectivity index (χ4n) is 4.32. The molecule has 5 rings (SSSR count). The lowest BCUT2D eigenvalue weighted by Crippen LogP contribution is -2.51. The number of nitrogens with zero attached hydrogens (tertiary/aromatic N) is 5. The van der Waals surface area contributed by atoms with E-state index < -0.39 is 0 Å². The molecule has 0 radical (unpaired) electrons. The Bertz CT molecular complexity index is 1140. The number of carbonyl (C=O) groups is 2. The first-order chi connectivity index (χ1) is 15.0. The molecule has 0 bridgehead atoms. The minimum Gasteiger partial charge on any atom is -0.308 e. The van der Waals surface area contributed by atoms with Crippen molar-refractivity contribution >= 4 is 23.2 Å². The van der Waals surface area contributed by atoms with Crippen LogP contribution >= 0.6 is 0 Å². The number of carbonyl (C=O) groups excluding carboxylic acids is 2. The van der Waals surface area contributed by atoms with E-state index in [0.717, 1.165) is 40.9 Å². The number of benzene rings is 1. The Labute approximate surface area is 181 Å². The lowest BCUT2D eigenvalue weighted by molar-refractivity contribution is -0.120. The maximum absolute atomic E-state index is 13.0. The van der Waals surface area contributed by atoms with E-state index in [0.29, 0.717) is 13.1 Å². The van der Waals surface area contributed by atoms with Crippen LogP contribution in [-0.4, -0.2) is 39.2 Å². The zero-order valence-electron chi connectivity index (χ0n) is 17.7. The van der Waals surface area contributed by atoms with Crippen molar-refractivity contribution in [3.63, 3.8) is 0 Å². The quantitative estimate of drug-likeness (QED) is 0.654. The maximum atomic E-state index is 13.0. The summed E-state index contributed by atoms with van der Waals surface area (Å²) in [4.78, 5) is 33.2. The Hall–Kier alpha value is -3.48. The monoisotopic (exact) mass is 415 g/mol. The first-order valence-corrected chi connectivity index (χ1v) is 10.7. The van der Waals surface area contributed by atoms with Gasteiger partial charge in [-0.15, -0.1) is 0 Å². The Morgan fingerprint density at radius 2 is 1.94 bits per heavy atom. The molecule has 31 heavy (non-hydrogen) atoms. The second-order valence-corrected chi connectivity index (χ2v) is 8.45. The number of rotatable bonds is 4. The van der Waals surface area contributed by atoms with Gasteiger partial charge in [0, 0.05) is 43.5 Å². The van der Waals surface area contributed by atoms with Crippen LogP contribution < -0.4 is 9.80 Å². The number of hydrogen-bond acceptors (Lipinski definition) is 4. The van der Waals surface area contributed by atoms with Crippen LogP contribution in [0.3, 0.4) is 0 Å². The van der Waals surface area contributed by atoms with E-state index in [4.69, 9.17) is 0 Å². The molecule has 0 N–H and O–H groups in total. The summed E-state index contributed by atoms with van der Waals surface area (Å²) in [6.45, 7) is 4.73. The molecule has 1 aliphatic heterocycles. The molecule has 1 unspecified atom stereocenters. The van der Waals surface area contributed by atoms with Gasteiger partial charge < -0.3 is 9.80 Å². The van der Waals surface area contributed by atoms with E-state index in [1.54, 1.807) is 18.0 Å². The highest BCUT2D eigenvalue weighted by Gasteiger charge is 2.39. The van der Waals surface area contributed by atoms with Crippen LogP contribution in [0, 0.1) is 5.92 Å². The van der Waals surface area contributed by atoms with Crippen molar-refractivity contribution in [2.75, 3.05) is 16.3 Å². The molecule has 1 atom stereocenters. The molecule has 1 saturated carbocycles. The summed E-state index contributed by atoms with van der Waals surface area (Å²) >= 11 is 0. The molecular formula is C24H25N5O2. The van der Waals surface area contributed by atoms with Crippen molar-refractivity contribution in [1.29, 1.82) is 0 Å². The van der Waals surface area contributed by atoms with E-state index in [-0.39, 0.29) is 23.8 Å². The topological polar surface area (TPSA) is 71.3 Å². The fourth-order valence-corrected chi connectivity index (χ4v) is 4.32. The molecule has 7 nitrogen and oxygen atoms in total. The third-order valence-corrected chi connectivity index (χ3v) is 5.98. The van der Waals surface area contributed by atoms with Gasteiger partial charge in [0.1, 0.15) is 0 Å². The lowest BCUT2D eigenvalue weighted by atomic mass is 10.0. The second kappa shape index (κ2) is 7.65. The molecule has 1 aliphatic carbocycles. The number of anilines is 2. The van der Waals surface area contributed by atoms with Crippen molar-refractivity contribution in [3.8, 4) is 11.1 Å². The fraction of sp³-hybridized carbons (Fsp3) is 0.333. The summed E-state index contributed by atoms with van der Waals surface area (Å²) in [6, 6.07) is 9.84. The Morgan fingerprint density at radius 3 is 2.65 bits per heavy atom. The van der Waals surface area contributed by atoms with Crippen molar-refractivity contribution in [1.82, 2.24) is 14.8 Å². The molecule has 3 heterocycles. The molecule has 0 saturated heterocycles. The van der Waals surface area contributed by atoms with Gasteiger partial charge in [0.15, 0.2) is 0 Å². The summed E-state index contributed by atoms with van der Waals surface area (Å²) in [5, 5.41) is 4.49. The predicted octanol–water partition coefficient (Wildman–Crippen LogP) is 3.49. The maximum Gasteiger partial charge on any atom is 0.230 e. The zero-order valence-corrected chi connectivity index (χ0v) is 17.7. The van der Waals surface area contributed by atoms with Crippen LogP contribution in [0.2, 0.25) is 0 Å². The molecule has 1 fully saturated rings. The first kappa shape index (κ1) is 19.5. The van der Waals surface area contributed by atoms with E-state index in [9.17, 15) is 9.59 Å². The van der Waals surface area contributed by atoms with Crippen molar-refractivity contribution in [3.05, 3.63) is 60.7 Å². The van der Waals surface area contributed by atoms with E-state index in [2.05, 4.69) is 10.1 Å². The van der Waals surface area contributed by atoms with E-state index >= 15 is 0 Å². The molecule has 3 aromatic rings. The minimum atomic E-state index is -0.0548. The highest BCUT2D eigenvalue weighted by molar-refractivity contribution is 6.06.